The smallest absolute Gasteiger partial charge is 0.154 e. The molecule has 3 aromatic heterocycles. The van der Waals surface area contributed by atoms with Crippen molar-refractivity contribution in [2.75, 3.05) is 31.1 Å². The van der Waals surface area contributed by atoms with Gasteiger partial charge in [-0.05, 0) is 24.3 Å². The summed E-state index contributed by atoms with van der Waals surface area (Å²) in [5.41, 5.74) is 2.72. The fraction of sp³-hybridized carbons (Fsp3) is 0.267. The van der Waals surface area contributed by atoms with Crippen LogP contribution in [0.2, 0.25) is 5.15 Å². The lowest BCUT2D eigenvalue weighted by Gasteiger charge is -2.28. The number of anilines is 1. The number of imidazole rings is 1. The van der Waals surface area contributed by atoms with Gasteiger partial charge in [-0.3, -0.25) is 0 Å². The second-order valence-corrected chi connectivity index (χ2v) is 5.60. The molecule has 0 amide bonds. The normalized spacial score (nSPS) is 15.4. The third-order valence-corrected chi connectivity index (χ3v) is 4.01. The van der Waals surface area contributed by atoms with Gasteiger partial charge in [0.1, 0.15) is 11.0 Å². The molecule has 1 N–H and O–H groups in total. The maximum absolute atomic E-state index is 6.00. The van der Waals surface area contributed by atoms with Crippen LogP contribution < -0.4 is 10.2 Å². The van der Waals surface area contributed by atoms with Crippen molar-refractivity contribution in [3.63, 3.8) is 0 Å². The van der Waals surface area contributed by atoms with E-state index in [0.29, 0.717) is 5.15 Å². The van der Waals surface area contributed by atoms with Gasteiger partial charge in [0.2, 0.25) is 0 Å². The van der Waals surface area contributed by atoms with Crippen LogP contribution in [0.15, 0.2) is 36.7 Å². The molecule has 3 aromatic rings. The predicted octanol–water partition coefficient (Wildman–Crippen LogP) is 1.85. The molecule has 0 atom stereocenters. The Kier molecular flexibility index (Phi) is 3.40. The number of hydrogen-bond donors (Lipinski definition) is 1. The maximum Gasteiger partial charge on any atom is 0.154 e. The van der Waals surface area contributed by atoms with Gasteiger partial charge >= 0.3 is 0 Å². The Labute approximate surface area is 132 Å². The molecule has 1 aliphatic rings. The van der Waals surface area contributed by atoms with E-state index in [2.05, 4.69) is 31.3 Å². The van der Waals surface area contributed by atoms with E-state index in [-0.39, 0.29) is 0 Å². The highest BCUT2D eigenvalue weighted by molar-refractivity contribution is 6.29. The Hall–Kier alpha value is -2.18. The number of hydrogen-bond acceptors (Lipinski definition) is 5. The molecule has 0 aromatic carbocycles. The molecule has 7 heteroatoms. The molecule has 0 aliphatic carbocycles. The van der Waals surface area contributed by atoms with Crippen LogP contribution in [0.5, 0.6) is 0 Å². The highest BCUT2D eigenvalue weighted by Crippen LogP contribution is 2.24. The molecular formula is C15H15ClN6. The number of pyridine rings is 1. The van der Waals surface area contributed by atoms with E-state index in [9.17, 15) is 0 Å². The minimum Gasteiger partial charge on any atom is -0.354 e. The lowest BCUT2D eigenvalue weighted by atomic mass is 10.2. The zero-order chi connectivity index (χ0) is 14.9. The lowest BCUT2D eigenvalue weighted by molar-refractivity contribution is 0.585. The number of rotatable bonds is 2. The van der Waals surface area contributed by atoms with Gasteiger partial charge in [0.15, 0.2) is 5.65 Å². The first-order valence-corrected chi connectivity index (χ1v) is 7.61. The van der Waals surface area contributed by atoms with Gasteiger partial charge in [0.25, 0.3) is 0 Å². The monoisotopic (exact) mass is 314 g/mol. The van der Waals surface area contributed by atoms with Crippen molar-refractivity contribution in [2.24, 2.45) is 0 Å². The van der Waals surface area contributed by atoms with Crippen molar-refractivity contribution in [1.29, 1.82) is 0 Å². The molecule has 6 nitrogen and oxygen atoms in total. The Morgan fingerprint density at radius 3 is 2.82 bits per heavy atom. The molecule has 22 heavy (non-hydrogen) atoms. The van der Waals surface area contributed by atoms with Crippen molar-refractivity contribution in [2.45, 2.75) is 0 Å². The predicted molar refractivity (Wildman–Crippen MR) is 86.3 cm³/mol. The topological polar surface area (TPSA) is 58.4 Å². The van der Waals surface area contributed by atoms with E-state index < -0.39 is 0 Å². The molecule has 0 saturated carbocycles. The van der Waals surface area contributed by atoms with Crippen molar-refractivity contribution in [3.8, 4) is 11.3 Å². The minimum absolute atomic E-state index is 0.447. The van der Waals surface area contributed by atoms with Crippen molar-refractivity contribution in [1.82, 2.24) is 24.9 Å². The number of aromatic nitrogens is 4. The first kappa shape index (κ1) is 13.5. The van der Waals surface area contributed by atoms with Crippen LogP contribution in [-0.2, 0) is 0 Å². The Balaban J connectivity index is 1.76. The standard InChI is InChI=1S/C15H15ClN6/c16-13-1-2-14-19-10-12(22(14)20-13)11-3-4-18-15(9-11)21-7-5-17-6-8-21/h1-4,9-10,17H,5-8H2. The third-order valence-electron chi connectivity index (χ3n) is 3.81. The van der Waals surface area contributed by atoms with Crippen LogP contribution in [-0.4, -0.2) is 45.8 Å². The zero-order valence-corrected chi connectivity index (χ0v) is 12.7. The Bertz CT molecular complexity index is 809. The molecular weight excluding hydrogens is 300 g/mol. The van der Waals surface area contributed by atoms with E-state index in [4.69, 9.17) is 11.6 Å². The summed E-state index contributed by atoms with van der Waals surface area (Å²) in [4.78, 5) is 11.2. The summed E-state index contributed by atoms with van der Waals surface area (Å²) in [5.74, 6) is 0.982. The van der Waals surface area contributed by atoms with Crippen LogP contribution in [0.1, 0.15) is 0 Å². The fourth-order valence-electron chi connectivity index (χ4n) is 2.69. The maximum atomic E-state index is 6.00. The zero-order valence-electron chi connectivity index (χ0n) is 11.9. The van der Waals surface area contributed by atoms with Crippen molar-refractivity contribution >= 4 is 23.1 Å². The molecule has 112 valence electrons. The van der Waals surface area contributed by atoms with Crippen LogP contribution >= 0.6 is 11.6 Å². The molecule has 4 heterocycles. The Morgan fingerprint density at radius 2 is 1.95 bits per heavy atom. The molecule has 0 unspecified atom stereocenters. The summed E-state index contributed by atoms with van der Waals surface area (Å²) >= 11 is 6.00. The van der Waals surface area contributed by atoms with Crippen molar-refractivity contribution < 1.29 is 0 Å². The van der Waals surface area contributed by atoms with E-state index in [0.717, 1.165) is 48.9 Å². The van der Waals surface area contributed by atoms with Gasteiger partial charge in [-0.1, -0.05) is 11.6 Å². The fourth-order valence-corrected chi connectivity index (χ4v) is 2.83. The highest BCUT2D eigenvalue weighted by atomic mass is 35.5. The summed E-state index contributed by atoms with van der Waals surface area (Å²) in [5, 5.41) is 8.13. The Morgan fingerprint density at radius 1 is 1.09 bits per heavy atom. The average Bonchev–Trinajstić information content (AvgIpc) is 2.99. The minimum atomic E-state index is 0.447. The molecule has 0 bridgehead atoms. The summed E-state index contributed by atoms with van der Waals surface area (Å²) in [6.45, 7) is 3.90. The van der Waals surface area contributed by atoms with Gasteiger partial charge in [-0.2, -0.15) is 5.10 Å². The quantitative estimate of drug-likeness (QED) is 0.782. The highest BCUT2D eigenvalue weighted by Gasteiger charge is 2.14. The van der Waals surface area contributed by atoms with Gasteiger partial charge in [-0.25, -0.2) is 14.5 Å². The summed E-state index contributed by atoms with van der Waals surface area (Å²) in [6, 6.07) is 7.65. The molecule has 1 saturated heterocycles. The van der Waals surface area contributed by atoms with Crippen molar-refractivity contribution in [3.05, 3.63) is 41.8 Å². The van der Waals surface area contributed by atoms with E-state index in [1.807, 2.05) is 24.5 Å². The first-order valence-electron chi connectivity index (χ1n) is 7.24. The summed E-state index contributed by atoms with van der Waals surface area (Å²) < 4.78 is 1.76. The lowest BCUT2D eigenvalue weighted by Crippen LogP contribution is -2.43. The summed E-state index contributed by atoms with van der Waals surface area (Å²) in [6.07, 6.45) is 3.65. The summed E-state index contributed by atoms with van der Waals surface area (Å²) in [7, 11) is 0. The molecule has 0 radical (unpaired) electrons. The second-order valence-electron chi connectivity index (χ2n) is 5.21. The molecule has 1 fully saturated rings. The largest absolute Gasteiger partial charge is 0.354 e. The van der Waals surface area contributed by atoms with Crippen LogP contribution in [0.4, 0.5) is 5.82 Å². The molecule has 1 aliphatic heterocycles. The van der Waals surface area contributed by atoms with Gasteiger partial charge in [-0.15, -0.1) is 0 Å². The number of nitrogens with one attached hydrogen (secondary N) is 1. The van der Waals surface area contributed by atoms with Gasteiger partial charge in [0, 0.05) is 37.9 Å². The number of halogens is 1. The second kappa shape index (κ2) is 5.55. The van der Waals surface area contributed by atoms with Gasteiger partial charge < -0.3 is 10.2 Å². The molecule has 0 spiro atoms. The van der Waals surface area contributed by atoms with E-state index in [1.165, 1.54) is 0 Å². The van der Waals surface area contributed by atoms with E-state index in [1.54, 1.807) is 10.6 Å². The number of nitrogens with zero attached hydrogens (tertiary/aromatic N) is 5. The molecule has 4 rings (SSSR count). The van der Waals surface area contributed by atoms with Crippen LogP contribution in [0.25, 0.3) is 16.9 Å². The average molecular weight is 315 g/mol. The first-order chi connectivity index (χ1) is 10.8. The number of piperazine rings is 1. The van der Waals surface area contributed by atoms with Gasteiger partial charge in [0.05, 0.1) is 11.9 Å². The van der Waals surface area contributed by atoms with Crippen LogP contribution in [0.3, 0.4) is 0 Å². The van der Waals surface area contributed by atoms with E-state index >= 15 is 0 Å². The van der Waals surface area contributed by atoms with Crippen LogP contribution in [0, 0.1) is 0 Å². The number of fused-ring (bicyclic) bond motifs is 1. The third kappa shape index (κ3) is 2.40. The SMILES string of the molecule is Clc1ccc2ncc(-c3ccnc(N4CCNCC4)c3)n2n1.